The van der Waals surface area contributed by atoms with Gasteiger partial charge in [0.2, 0.25) is 0 Å². The number of rotatable bonds is 6. The van der Waals surface area contributed by atoms with E-state index >= 15 is 0 Å². The highest BCUT2D eigenvalue weighted by Gasteiger charge is 2.11. The Labute approximate surface area is 110 Å². The Morgan fingerprint density at radius 1 is 1.39 bits per heavy atom. The Hall–Kier alpha value is -1.06. The fourth-order valence-corrected chi connectivity index (χ4v) is 2.43. The summed E-state index contributed by atoms with van der Waals surface area (Å²) in [5, 5.41) is 3.18. The molecule has 0 aromatic heterocycles. The van der Waals surface area contributed by atoms with Crippen LogP contribution in [0, 0.1) is 0 Å². The summed E-state index contributed by atoms with van der Waals surface area (Å²) in [5.41, 5.74) is 2.77. The number of nitrogens with zero attached hydrogens (tertiary/aromatic N) is 1. The molecule has 0 radical (unpaired) electrons. The van der Waals surface area contributed by atoms with Crippen LogP contribution in [0.2, 0.25) is 0 Å². The average molecular weight is 248 g/mol. The van der Waals surface area contributed by atoms with Gasteiger partial charge in [-0.3, -0.25) is 0 Å². The maximum atomic E-state index is 5.64. The largest absolute Gasteiger partial charge is 0.493 e. The highest BCUT2D eigenvalue weighted by atomic mass is 16.5. The first-order valence-electron chi connectivity index (χ1n) is 6.87. The molecule has 3 heteroatoms. The van der Waals surface area contributed by atoms with Gasteiger partial charge in [0.05, 0.1) is 6.61 Å². The predicted octanol–water partition coefficient (Wildman–Crippen LogP) is 2.05. The quantitative estimate of drug-likeness (QED) is 0.780. The number of fused-ring (bicyclic) bond motifs is 1. The zero-order valence-electron chi connectivity index (χ0n) is 11.5. The first kappa shape index (κ1) is 13.4. The van der Waals surface area contributed by atoms with E-state index in [-0.39, 0.29) is 0 Å². The van der Waals surface area contributed by atoms with E-state index < -0.39 is 0 Å². The van der Waals surface area contributed by atoms with Crippen molar-refractivity contribution >= 4 is 0 Å². The Morgan fingerprint density at radius 3 is 3.11 bits per heavy atom. The molecule has 1 aromatic carbocycles. The van der Waals surface area contributed by atoms with E-state index in [4.69, 9.17) is 4.74 Å². The van der Waals surface area contributed by atoms with Gasteiger partial charge in [0.25, 0.3) is 0 Å². The monoisotopic (exact) mass is 248 g/mol. The molecule has 0 atom stereocenters. The van der Waals surface area contributed by atoms with E-state index in [1.54, 1.807) is 0 Å². The van der Waals surface area contributed by atoms with Gasteiger partial charge >= 0.3 is 0 Å². The van der Waals surface area contributed by atoms with E-state index in [1.807, 2.05) is 7.05 Å². The number of benzene rings is 1. The van der Waals surface area contributed by atoms with Crippen molar-refractivity contribution in [3.63, 3.8) is 0 Å². The molecule has 0 saturated carbocycles. The third-order valence-electron chi connectivity index (χ3n) is 3.39. The highest BCUT2D eigenvalue weighted by Crippen LogP contribution is 2.25. The minimum absolute atomic E-state index is 0.871. The van der Waals surface area contributed by atoms with E-state index in [0.29, 0.717) is 0 Å². The van der Waals surface area contributed by atoms with Crippen LogP contribution in [-0.4, -0.2) is 38.7 Å². The van der Waals surface area contributed by atoms with Gasteiger partial charge in [-0.1, -0.05) is 12.1 Å². The van der Waals surface area contributed by atoms with Crippen molar-refractivity contribution in [1.29, 1.82) is 0 Å². The first-order valence-corrected chi connectivity index (χ1v) is 6.87. The molecule has 0 amide bonds. The molecule has 1 heterocycles. The molecule has 2 rings (SSSR count). The number of nitrogens with one attached hydrogen (secondary N) is 1. The summed E-state index contributed by atoms with van der Waals surface area (Å²) in [5.74, 6) is 1.09. The molecule has 1 aliphatic heterocycles. The second-order valence-corrected chi connectivity index (χ2v) is 5.09. The van der Waals surface area contributed by atoms with Gasteiger partial charge < -0.3 is 15.0 Å². The van der Waals surface area contributed by atoms with Crippen LogP contribution in [0.5, 0.6) is 5.75 Å². The third-order valence-corrected chi connectivity index (χ3v) is 3.39. The summed E-state index contributed by atoms with van der Waals surface area (Å²) in [6, 6.07) is 6.63. The first-order chi connectivity index (χ1) is 8.79. The van der Waals surface area contributed by atoms with Crippen molar-refractivity contribution in [1.82, 2.24) is 10.2 Å². The molecule has 0 bridgehead atoms. The standard InChI is InChI=1S/C15H24N2O/c1-16-8-4-9-17(2)12-13-6-7-15-14(11-13)5-3-10-18-15/h6-7,11,16H,3-5,8-10,12H2,1-2H3. The van der Waals surface area contributed by atoms with Gasteiger partial charge in [-0.25, -0.2) is 0 Å². The molecule has 0 aliphatic carbocycles. The van der Waals surface area contributed by atoms with Crippen LogP contribution in [0.4, 0.5) is 0 Å². The molecule has 1 N–H and O–H groups in total. The summed E-state index contributed by atoms with van der Waals surface area (Å²) in [6.45, 7) is 4.12. The third kappa shape index (κ3) is 3.72. The molecule has 1 aromatic rings. The normalized spacial score (nSPS) is 14.4. The summed E-state index contributed by atoms with van der Waals surface area (Å²) in [6.07, 6.45) is 3.50. The van der Waals surface area contributed by atoms with Crippen LogP contribution in [0.1, 0.15) is 24.0 Å². The van der Waals surface area contributed by atoms with Crippen LogP contribution in [-0.2, 0) is 13.0 Å². The SMILES string of the molecule is CNCCCN(C)Cc1ccc2c(c1)CCCO2. The fraction of sp³-hybridized carbons (Fsp3) is 0.600. The molecule has 0 spiro atoms. The second kappa shape index (κ2) is 6.76. The Balaban J connectivity index is 1.89. The van der Waals surface area contributed by atoms with Gasteiger partial charge in [0.15, 0.2) is 0 Å². The molecule has 0 fully saturated rings. The summed E-state index contributed by atoms with van der Waals surface area (Å²) >= 11 is 0. The number of hydrogen-bond donors (Lipinski definition) is 1. The predicted molar refractivity (Wildman–Crippen MR) is 75.1 cm³/mol. The van der Waals surface area contributed by atoms with Crippen molar-refractivity contribution in [2.75, 3.05) is 33.8 Å². The maximum Gasteiger partial charge on any atom is 0.122 e. The fourth-order valence-electron chi connectivity index (χ4n) is 2.43. The van der Waals surface area contributed by atoms with E-state index in [2.05, 4.69) is 35.5 Å². The van der Waals surface area contributed by atoms with E-state index in [1.165, 1.54) is 17.5 Å². The minimum Gasteiger partial charge on any atom is -0.493 e. The molecular weight excluding hydrogens is 224 g/mol. The molecule has 1 aliphatic rings. The van der Waals surface area contributed by atoms with Gasteiger partial charge in [0, 0.05) is 6.54 Å². The Kier molecular flexibility index (Phi) is 5.02. The smallest absolute Gasteiger partial charge is 0.122 e. The van der Waals surface area contributed by atoms with E-state index in [9.17, 15) is 0 Å². The maximum absolute atomic E-state index is 5.64. The number of ether oxygens (including phenoxy) is 1. The average Bonchev–Trinajstić information content (AvgIpc) is 2.39. The second-order valence-electron chi connectivity index (χ2n) is 5.09. The van der Waals surface area contributed by atoms with Gasteiger partial charge in [-0.05, 0) is 63.6 Å². The van der Waals surface area contributed by atoms with Gasteiger partial charge in [-0.15, -0.1) is 0 Å². The van der Waals surface area contributed by atoms with Gasteiger partial charge in [0.1, 0.15) is 5.75 Å². The van der Waals surface area contributed by atoms with E-state index in [0.717, 1.165) is 44.8 Å². The Morgan fingerprint density at radius 2 is 2.28 bits per heavy atom. The summed E-state index contributed by atoms with van der Waals surface area (Å²) < 4.78 is 5.64. The topological polar surface area (TPSA) is 24.5 Å². The van der Waals surface area contributed by atoms with Crippen molar-refractivity contribution in [2.45, 2.75) is 25.8 Å². The van der Waals surface area contributed by atoms with Crippen molar-refractivity contribution in [3.05, 3.63) is 29.3 Å². The summed E-state index contributed by atoms with van der Waals surface area (Å²) in [4.78, 5) is 2.38. The molecular formula is C15H24N2O. The minimum atomic E-state index is 0.871. The van der Waals surface area contributed by atoms with Crippen LogP contribution in [0.15, 0.2) is 18.2 Å². The lowest BCUT2D eigenvalue weighted by Gasteiger charge is -2.20. The molecule has 18 heavy (non-hydrogen) atoms. The van der Waals surface area contributed by atoms with Crippen molar-refractivity contribution in [3.8, 4) is 5.75 Å². The van der Waals surface area contributed by atoms with Crippen molar-refractivity contribution < 1.29 is 4.74 Å². The number of aryl methyl sites for hydroxylation is 1. The van der Waals surface area contributed by atoms with Crippen molar-refractivity contribution in [2.24, 2.45) is 0 Å². The highest BCUT2D eigenvalue weighted by molar-refractivity contribution is 5.38. The molecule has 0 saturated heterocycles. The van der Waals surface area contributed by atoms with Crippen LogP contribution in [0.25, 0.3) is 0 Å². The molecule has 0 unspecified atom stereocenters. The zero-order chi connectivity index (χ0) is 12.8. The lowest BCUT2D eigenvalue weighted by molar-refractivity contribution is 0.287. The van der Waals surface area contributed by atoms with Gasteiger partial charge in [-0.2, -0.15) is 0 Å². The Bertz CT molecular complexity index is 379. The lowest BCUT2D eigenvalue weighted by Crippen LogP contribution is -2.22. The zero-order valence-corrected chi connectivity index (χ0v) is 11.5. The molecule has 3 nitrogen and oxygen atoms in total. The lowest BCUT2D eigenvalue weighted by atomic mass is 10.0. The van der Waals surface area contributed by atoms with Crippen LogP contribution < -0.4 is 10.1 Å². The molecule has 100 valence electrons. The van der Waals surface area contributed by atoms with Crippen LogP contribution >= 0.6 is 0 Å². The summed E-state index contributed by atoms with van der Waals surface area (Å²) in [7, 11) is 4.19. The van der Waals surface area contributed by atoms with Crippen LogP contribution in [0.3, 0.4) is 0 Å². The number of hydrogen-bond acceptors (Lipinski definition) is 3.